The largest absolute Gasteiger partial charge is 0.492 e. The van der Waals surface area contributed by atoms with Crippen LogP contribution in [0, 0.1) is 5.92 Å². The van der Waals surface area contributed by atoms with Crippen LogP contribution >= 0.6 is 22.9 Å². The lowest BCUT2D eigenvalue weighted by Crippen LogP contribution is -2.27. The molecule has 0 amide bonds. The second-order valence-corrected chi connectivity index (χ2v) is 10.8. The number of aromatic amines is 1. The summed E-state index contributed by atoms with van der Waals surface area (Å²) in [5.41, 5.74) is 0.930. The molecular weight excluding hydrogens is 523 g/mol. The van der Waals surface area contributed by atoms with E-state index in [9.17, 15) is 18.3 Å². The molecule has 194 valence electrons. The van der Waals surface area contributed by atoms with Crippen LogP contribution in [0.1, 0.15) is 28.0 Å². The fourth-order valence-electron chi connectivity index (χ4n) is 4.73. The number of nitrogens with zero attached hydrogens (tertiary/aromatic N) is 4. The number of likely N-dealkylation sites (tertiary alicyclic amines) is 1. The molecular formula is C26H25ClF3N5OS. The summed E-state index contributed by atoms with van der Waals surface area (Å²) < 4.78 is 41.7. The zero-order chi connectivity index (χ0) is 26.3. The normalized spacial score (nSPS) is 17.1. The first-order valence-electron chi connectivity index (χ1n) is 11.7. The van der Waals surface area contributed by atoms with Crippen molar-refractivity contribution in [1.29, 1.82) is 0 Å². The molecule has 2 aromatic carbocycles. The zero-order valence-corrected chi connectivity index (χ0v) is 21.8. The highest BCUT2D eigenvalue weighted by Crippen LogP contribution is 2.42. The molecule has 2 N–H and O–H groups in total. The lowest BCUT2D eigenvalue weighted by molar-refractivity contribution is -0.137. The average Bonchev–Trinajstić information content (AvgIpc) is 3.57. The predicted octanol–water partition coefficient (Wildman–Crippen LogP) is 6.37. The van der Waals surface area contributed by atoms with E-state index in [1.54, 1.807) is 18.3 Å². The first-order valence-corrected chi connectivity index (χ1v) is 12.9. The quantitative estimate of drug-likeness (QED) is 0.274. The summed E-state index contributed by atoms with van der Waals surface area (Å²) in [6.07, 6.45) is -0.447. The fourth-order valence-corrected chi connectivity index (χ4v) is 5.87. The number of H-pyrrole nitrogens is 1. The van der Waals surface area contributed by atoms with E-state index in [1.165, 1.54) is 29.5 Å². The van der Waals surface area contributed by atoms with Crippen LogP contribution in [0.4, 0.5) is 18.3 Å². The Hall–Kier alpha value is -3.08. The van der Waals surface area contributed by atoms with Gasteiger partial charge in [0.1, 0.15) is 4.88 Å². The maximum absolute atomic E-state index is 13.9. The van der Waals surface area contributed by atoms with Crippen molar-refractivity contribution in [3.05, 3.63) is 69.2 Å². The molecule has 0 bridgehead atoms. The van der Waals surface area contributed by atoms with E-state index in [1.807, 2.05) is 18.0 Å². The number of benzene rings is 2. The Bertz CT molecular complexity index is 1460. The van der Waals surface area contributed by atoms with Crippen LogP contribution in [0.2, 0.25) is 5.02 Å². The minimum absolute atomic E-state index is 0.00653. The van der Waals surface area contributed by atoms with Crippen molar-refractivity contribution in [2.45, 2.75) is 12.6 Å². The van der Waals surface area contributed by atoms with Crippen molar-refractivity contribution in [1.82, 2.24) is 20.1 Å². The highest BCUT2D eigenvalue weighted by molar-refractivity contribution is 7.17. The smallest absolute Gasteiger partial charge is 0.417 e. The molecule has 0 radical (unpaired) electrons. The van der Waals surface area contributed by atoms with Crippen LogP contribution in [0.3, 0.4) is 0 Å². The summed E-state index contributed by atoms with van der Waals surface area (Å²) in [6.45, 7) is 2.80. The Labute approximate surface area is 221 Å². The van der Waals surface area contributed by atoms with Crippen molar-refractivity contribution in [3.63, 3.8) is 0 Å². The Morgan fingerprint density at radius 1 is 1.30 bits per heavy atom. The summed E-state index contributed by atoms with van der Waals surface area (Å²) in [6, 6.07) is 9.08. The van der Waals surface area contributed by atoms with Gasteiger partial charge in [-0.1, -0.05) is 35.1 Å². The van der Waals surface area contributed by atoms with E-state index in [-0.39, 0.29) is 16.5 Å². The molecule has 3 heterocycles. The van der Waals surface area contributed by atoms with Crippen molar-refractivity contribution < 1.29 is 18.3 Å². The van der Waals surface area contributed by atoms with E-state index < -0.39 is 11.7 Å². The van der Waals surface area contributed by atoms with Crippen molar-refractivity contribution >= 4 is 50.6 Å². The second-order valence-electron chi connectivity index (χ2n) is 9.41. The zero-order valence-electron chi connectivity index (χ0n) is 20.2. The first-order chi connectivity index (χ1) is 17.6. The van der Waals surface area contributed by atoms with Crippen molar-refractivity contribution in [2.24, 2.45) is 5.92 Å². The van der Waals surface area contributed by atoms with Crippen LogP contribution in [0.25, 0.3) is 22.6 Å². The molecule has 0 spiro atoms. The number of fused-ring (bicyclic) bond motifs is 1. The summed E-state index contributed by atoms with van der Waals surface area (Å²) in [7, 11) is 4.01. The maximum atomic E-state index is 13.9. The number of alkyl halides is 3. The minimum Gasteiger partial charge on any atom is -0.492 e. The van der Waals surface area contributed by atoms with Gasteiger partial charge >= 0.3 is 6.18 Å². The number of rotatable bonds is 6. The van der Waals surface area contributed by atoms with Gasteiger partial charge in [0.25, 0.3) is 0 Å². The molecule has 1 fully saturated rings. The summed E-state index contributed by atoms with van der Waals surface area (Å²) >= 11 is 7.15. The standard InChI is InChI=1S/C26H25ClF3N5OS/c1-34-8-7-15(13-34)14-35(2)25-32-24(36)23(37-25)20(16-4-6-22-18(9-16)12-31-33-22)10-17-3-5-19(27)11-21(17)26(28,29)30/h3-6,9-12,15,36H,7-8,13-14H2,1-2H3,(H,31,33). The molecule has 1 aliphatic rings. The third kappa shape index (κ3) is 5.46. The van der Waals surface area contributed by atoms with Gasteiger partial charge in [-0.3, -0.25) is 5.10 Å². The number of halogens is 4. The van der Waals surface area contributed by atoms with Gasteiger partial charge in [-0.15, -0.1) is 0 Å². The lowest BCUT2D eigenvalue weighted by atomic mass is 9.98. The number of aromatic hydroxyl groups is 1. The summed E-state index contributed by atoms with van der Waals surface area (Å²) in [4.78, 5) is 9.04. The second kappa shape index (κ2) is 10.00. The van der Waals surface area contributed by atoms with Gasteiger partial charge in [0.2, 0.25) is 5.88 Å². The highest BCUT2D eigenvalue weighted by Gasteiger charge is 2.33. The molecule has 5 rings (SSSR count). The van der Waals surface area contributed by atoms with Crippen LogP contribution in [0.5, 0.6) is 5.88 Å². The van der Waals surface area contributed by atoms with E-state index in [0.717, 1.165) is 43.0 Å². The third-order valence-corrected chi connectivity index (χ3v) is 7.99. The van der Waals surface area contributed by atoms with Gasteiger partial charge < -0.3 is 14.9 Å². The van der Waals surface area contributed by atoms with E-state index >= 15 is 0 Å². The molecule has 1 atom stereocenters. The fraction of sp³-hybridized carbons (Fsp3) is 0.308. The molecule has 1 unspecified atom stereocenters. The Morgan fingerprint density at radius 2 is 2.11 bits per heavy atom. The molecule has 37 heavy (non-hydrogen) atoms. The lowest BCUT2D eigenvalue weighted by Gasteiger charge is -2.20. The number of anilines is 1. The van der Waals surface area contributed by atoms with Gasteiger partial charge in [0.15, 0.2) is 5.13 Å². The number of thiazole rings is 1. The summed E-state index contributed by atoms with van der Waals surface area (Å²) in [5.74, 6) is 0.253. The third-order valence-electron chi connectivity index (χ3n) is 6.56. The monoisotopic (exact) mass is 547 g/mol. The molecule has 0 aliphatic carbocycles. The molecule has 1 aliphatic heterocycles. The van der Waals surface area contributed by atoms with Gasteiger partial charge in [-0.25, -0.2) is 0 Å². The molecule has 11 heteroatoms. The molecule has 2 aromatic heterocycles. The SMILES string of the molecule is CN1CCC(CN(C)c2nc(O)c(C(=Cc3ccc(Cl)cc3C(F)(F)F)c3ccc4[nH]ncc4c3)s2)C1. The summed E-state index contributed by atoms with van der Waals surface area (Å²) in [5, 5.41) is 19.2. The van der Waals surface area contributed by atoms with Crippen molar-refractivity contribution in [2.75, 3.05) is 38.6 Å². The van der Waals surface area contributed by atoms with Gasteiger partial charge in [0, 0.05) is 36.1 Å². The van der Waals surface area contributed by atoms with Crippen LogP contribution < -0.4 is 4.90 Å². The molecule has 6 nitrogen and oxygen atoms in total. The van der Waals surface area contributed by atoms with Gasteiger partial charge in [-0.2, -0.15) is 23.3 Å². The van der Waals surface area contributed by atoms with Crippen LogP contribution in [-0.2, 0) is 6.18 Å². The molecule has 4 aromatic rings. The number of hydrogen-bond donors (Lipinski definition) is 2. The van der Waals surface area contributed by atoms with Gasteiger partial charge in [0.05, 0.1) is 17.3 Å². The van der Waals surface area contributed by atoms with E-state index in [2.05, 4.69) is 27.1 Å². The Balaban J connectivity index is 1.60. The predicted molar refractivity (Wildman–Crippen MR) is 142 cm³/mol. The average molecular weight is 548 g/mol. The molecule has 1 saturated heterocycles. The van der Waals surface area contributed by atoms with Crippen molar-refractivity contribution in [3.8, 4) is 5.88 Å². The Kier molecular flexibility index (Phi) is 6.91. The van der Waals surface area contributed by atoms with E-state index in [0.29, 0.717) is 27.1 Å². The molecule has 0 saturated carbocycles. The van der Waals surface area contributed by atoms with E-state index in [4.69, 9.17) is 11.6 Å². The van der Waals surface area contributed by atoms with Gasteiger partial charge in [-0.05, 0) is 67.4 Å². The first kappa shape index (κ1) is 25.6. The Morgan fingerprint density at radius 3 is 2.84 bits per heavy atom. The number of hydrogen-bond acceptors (Lipinski definition) is 6. The van der Waals surface area contributed by atoms with Crippen LogP contribution in [0.15, 0.2) is 42.6 Å². The number of nitrogens with one attached hydrogen (secondary N) is 1. The topological polar surface area (TPSA) is 68.3 Å². The number of aromatic nitrogens is 3. The minimum atomic E-state index is -4.61. The maximum Gasteiger partial charge on any atom is 0.417 e. The van der Waals surface area contributed by atoms with Crippen LogP contribution in [-0.4, -0.2) is 58.9 Å². The highest BCUT2D eigenvalue weighted by atomic mass is 35.5.